The summed E-state index contributed by atoms with van der Waals surface area (Å²) in [6.07, 6.45) is 3.92. The van der Waals surface area contributed by atoms with E-state index in [0.717, 1.165) is 18.2 Å². The molecule has 1 heterocycles. The molecule has 104 valence electrons. The topological polar surface area (TPSA) is 115 Å². The van der Waals surface area contributed by atoms with Crippen LogP contribution in [0, 0.1) is 5.82 Å². The summed E-state index contributed by atoms with van der Waals surface area (Å²) >= 11 is 0. The molecule has 1 aromatic carbocycles. The molecule has 9 heteroatoms. The summed E-state index contributed by atoms with van der Waals surface area (Å²) in [6, 6.07) is 2.77. The third-order valence-electron chi connectivity index (χ3n) is 2.25. The fourth-order valence-corrected chi connectivity index (χ4v) is 1.98. The number of sulfonamides is 1. The molecule has 0 radical (unpaired) electrons. The predicted octanol–water partition coefficient (Wildman–Crippen LogP) is 0.515. The molecule has 1 aromatic heterocycles. The molecule has 0 aliphatic heterocycles. The maximum absolute atomic E-state index is 13.3. The van der Waals surface area contributed by atoms with Gasteiger partial charge in [-0.25, -0.2) is 22.9 Å². The fourth-order valence-electron chi connectivity index (χ4n) is 1.41. The van der Waals surface area contributed by atoms with Crippen molar-refractivity contribution < 1.29 is 17.6 Å². The van der Waals surface area contributed by atoms with Gasteiger partial charge in [-0.15, -0.1) is 0 Å². The normalized spacial score (nSPS) is 11.1. The highest BCUT2D eigenvalue weighted by molar-refractivity contribution is 7.89. The molecule has 2 aromatic rings. The molecule has 0 atom stereocenters. The van der Waals surface area contributed by atoms with Gasteiger partial charge >= 0.3 is 0 Å². The van der Waals surface area contributed by atoms with Crippen LogP contribution in [0.15, 0.2) is 41.7 Å². The maximum atomic E-state index is 13.3. The Labute approximate surface area is 113 Å². The number of rotatable bonds is 3. The van der Waals surface area contributed by atoms with Crippen molar-refractivity contribution in [1.82, 2.24) is 9.97 Å². The van der Waals surface area contributed by atoms with E-state index in [1.165, 1.54) is 18.6 Å². The highest BCUT2D eigenvalue weighted by Crippen LogP contribution is 2.17. The van der Waals surface area contributed by atoms with Gasteiger partial charge in [0.05, 0.1) is 11.1 Å². The van der Waals surface area contributed by atoms with Crippen LogP contribution >= 0.6 is 0 Å². The average molecular weight is 296 g/mol. The summed E-state index contributed by atoms with van der Waals surface area (Å²) in [7, 11) is -4.07. The van der Waals surface area contributed by atoms with Gasteiger partial charge < -0.3 is 5.32 Å². The zero-order valence-electron chi connectivity index (χ0n) is 9.95. The van der Waals surface area contributed by atoms with Gasteiger partial charge in [0, 0.05) is 18.1 Å². The van der Waals surface area contributed by atoms with E-state index < -0.39 is 26.6 Å². The van der Waals surface area contributed by atoms with E-state index >= 15 is 0 Å². The lowest BCUT2D eigenvalue weighted by Crippen LogP contribution is -2.16. The molecule has 3 N–H and O–H groups in total. The Balaban J connectivity index is 2.31. The summed E-state index contributed by atoms with van der Waals surface area (Å²) in [5.74, 6) is -1.49. The van der Waals surface area contributed by atoms with Crippen molar-refractivity contribution in [3.63, 3.8) is 0 Å². The van der Waals surface area contributed by atoms with Crippen molar-refractivity contribution in [3.05, 3.63) is 48.3 Å². The highest BCUT2D eigenvalue weighted by Gasteiger charge is 2.13. The smallest absolute Gasteiger partial charge is 0.275 e. The molecule has 0 aliphatic rings. The van der Waals surface area contributed by atoms with Crippen LogP contribution < -0.4 is 10.5 Å². The lowest BCUT2D eigenvalue weighted by atomic mass is 10.3. The number of amides is 1. The Morgan fingerprint density at radius 3 is 2.60 bits per heavy atom. The van der Waals surface area contributed by atoms with Gasteiger partial charge in [0.25, 0.3) is 5.91 Å². The predicted molar refractivity (Wildman–Crippen MR) is 67.8 cm³/mol. The number of primary sulfonamides is 1. The second-order valence-corrected chi connectivity index (χ2v) is 5.33. The first-order valence-corrected chi connectivity index (χ1v) is 6.81. The lowest BCUT2D eigenvalue weighted by molar-refractivity contribution is 0.102. The first-order chi connectivity index (χ1) is 9.36. The lowest BCUT2D eigenvalue weighted by Gasteiger charge is -2.06. The molecule has 1 amide bonds. The van der Waals surface area contributed by atoms with E-state index in [-0.39, 0.29) is 11.4 Å². The maximum Gasteiger partial charge on any atom is 0.275 e. The molecule has 0 saturated heterocycles. The monoisotopic (exact) mass is 296 g/mol. The van der Waals surface area contributed by atoms with E-state index in [0.29, 0.717) is 0 Å². The van der Waals surface area contributed by atoms with E-state index in [1.54, 1.807) is 0 Å². The third kappa shape index (κ3) is 3.33. The Morgan fingerprint density at radius 1 is 1.25 bits per heavy atom. The van der Waals surface area contributed by atoms with Gasteiger partial charge in [-0.1, -0.05) is 0 Å². The van der Waals surface area contributed by atoms with Crippen LogP contribution in [0.5, 0.6) is 0 Å². The largest absolute Gasteiger partial charge is 0.320 e. The minimum absolute atomic E-state index is 0.00826. The molecule has 0 bridgehead atoms. The molecular formula is C11H9FN4O3S. The number of carbonyl (C=O) groups is 1. The zero-order valence-corrected chi connectivity index (χ0v) is 10.8. The summed E-state index contributed by atoms with van der Waals surface area (Å²) in [5, 5.41) is 7.22. The molecule has 0 unspecified atom stereocenters. The standard InChI is InChI=1S/C11H9FN4O3S/c12-7-3-8(5-9(4-7)20(13,18)19)16-11(17)10-6-14-1-2-15-10/h1-6H,(H,16,17)(H2,13,18,19). The molecule has 0 saturated carbocycles. The van der Waals surface area contributed by atoms with E-state index in [4.69, 9.17) is 5.14 Å². The van der Waals surface area contributed by atoms with Crippen LogP contribution in [0.25, 0.3) is 0 Å². The number of nitrogens with zero attached hydrogens (tertiary/aromatic N) is 2. The third-order valence-corrected chi connectivity index (χ3v) is 3.15. The Bertz CT molecular complexity index is 750. The van der Waals surface area contributed by atoms with Crippen LogP contribution in [0.3, 0.4) is 0 Å². The van der Waals surface area contributed by atoms with Crippen molar-refractivity contribution in [2.75, 3.05) is 5.32 Å². The molecule has 20 heavy (non-hydrogen) atoms. The number of benzene rings is 1. The molecule has 0 fully saturated rings. The number of halogens is 1. The van der Waals surface area contributed by atoms with E-state index in [9.17, 15) is 17.6 Å². The van der Waals surface area contributed by atoms with Gasteiger partial charge in [-0.3, -0.25) is 9.78 Å². The van der Waals surface area contributed by atoms with Crippen molar-refractivity contribution in [2.24, 2.45) is 5.14 Å². The molecular weight excluding hydrogens is 287 g/mol. The van der Waals surface area contributed by atoms with Crippen LogP contribution in [-0.2, 0) is 10.0 Å². The fraction of sp³-hybridized carbons (Fsp3) is 0. The minimum Gasteiger partial charge on any atom is -0.320 e. The highest BCUT2D eigenvalue weighted by atomic mass is 32.2. The van der Waals surface area contributed by atoms with Gasteiger partial charge in [0.2, 0.25) is 10.0 Å². The van der Waals surface area contributed by atoms with Gasteiger partial charge in [-0.05, 0) is 18.2 Å². The van der Waals surface area contributed by atoms with Crippen LogP contribution in [-0.4, -0.2) is 24.3 Å². The van der Waals surface area contributed by atoms with Gasteiger partial charge in [0.15, 0.2) is 0 Å². The first-order valence-electron chi connectivity index (χ1n) is 5.27. The number of hydrogen-bond acceptors (Lipinski definition) is 5. The van der Waals surface area contributed by atoms with Gasteiger partial charge in [-0.2, -0.15) is 0 Å². The number of aromatic nitrogens is 2. The van der Waals surface area contributed by atoms with Crippen molar-refractivity contribution >= 4 is 21.6 Å². The summed E-state index contributed by atoms with van der Waals surface area (Å²) in [6.45, 7) is 0. The summed E-state index contributed by atoms with van der Waals surface area (Å²) in [5.41, 5.74) is -0.0430. The molecule has 2 rings (SSSR count). The molecule has 0 aliphatic carbocycles. The minimum atomic E-state index is -4.07. The Morgan fingerprint density at radius 2 is 2.00 bits per heavy atom. The van der Waals surface area contributed by atoms with Crippen LogP contribution in [0.2, 0.25) is 0 Å². The van der Waals surface area contributed by atoms with E-state index in [2.05, 4.69) is 15.3 Å². The van der Waals surface area contributed by atoms with Crippen molar-refractivity contribution in [1.29, 1.82) is 0 Å². The average Bonchev–Trinajstić information content (AvgIpc) is 2.38. The van der Waals surface area contributed by atoms with Gasteiger partial charge in [0.1, 0.15) is 11.5 Å². The van der Waals surface area contributed by atoms with Crippen molar-refractivity contribution in [3.8, 4) is 0 Å². The Hall–Kier alpha value is -2.39. The van der Waals surface area contributed by atoms with Crippen molar-refractivity contribution in [2.45, 2.75) is 4.90 Å². The number of anilines is 1. The van der Waals surface area contributed by atoms with E-state index in [1.807, 2.05) is 0 Å². The Kier molecular flexibility index (Phi) is 3.72. The zero-order chi connectivity index (χ0) is 14.8. The second-order valence-electron chi connectivity index (χ2n) is 3.77. The second kappa shape index (κ2) is 5.31. The number of nitrogens with two attached hydrogens (primary N) is 1. The first kappa shape index (κ1) is 14.0. The van der Waals surface area contributed by atoms with Crippen LogP contribution in [0.4, 0.5) is 10.1 Å². The number of carbonyl (C=O) groups excluding carboxylic acids is 1. The number of nitrogens with one attached hydrogen (secondary N) is 1. The van der Waals surface area contributed by atoms with Crippen LogP contribution in [0.1, 0.15) is 10.5 Å². The molecule has 7 nitrogen and oxygen atoms in total. The molecule has 0 spiro atoms. The summed E-state index contributed by atoms with van der Waals surface area (Å²) < 4.78 is 35.6. The quantitative estimate of drug-likeness (QED) is 0.856. The summed E-state index contributed by atoms with van der Waals surface area (Å²) in [4.78, 5) is 18.8. The number of hydrogen-bond donors (Lipinski definition) is 2. The SMILES string of the molecule is NS(=O)(=O)c1cc(F)cc(NC(=O)c2cnccn2)c1.